The van der Waals surface area contributed by atoms with Crippen LogP contribution >= 0.6 is 11.8 Å². The van der Waals surface area contributed by atoms with E-state index in [4.69, 9.17) is 5.11 Å². The number of aliphatic carboxylic acids is 1. The Bertz CT molecular complexity index is 377. The number of nitrogens with zero attached hydrogens (tertiary/aromatic N) is 1. The molecule has 1 atom stereocenters. The molecular weight excluding hydrogens is 216 g/mol. The number of nitrogens with one attached hydrogen (secondary N) is 1. The normalized spacial score (nSPS) is 20.5. The van der Waals surface area contributed by atoms with Crippen LogP contribution in [0.5, 0.6) is 0 Å². The molecule has 0 saturated carbocycles. The van der Waals surface area contributed by atoms with Gasteiger partial charge in [0.05, 0.1) is 5.88 Å². The van der Waals surface area contributed by atoms with Gasteiger partial charge in [-0.15, -0.1) is 11.8 Å². The van der Waals surface area contributed by atoms with Gasteiger partial charge in [0.1, 0.15) is 11.7 Å². The Morgan fingerprint density at radius 3 is 3.00 bits per heavy atom. The first-order chi connectivity index (χ1) is 7.20. The molecule has 0 aromatic carbocycles. The van der Waals surface area contributed by atoms with Crippen LogP contribution < -0.4 is 0 Å². The highest BCUT2D eigenvalue weighted by Gasteiger charge is 2.35. The van der Waals surface area contributed by atoms with Gasteiger partial charge >= 0.3 is 5.97 Å². The molecule has 1 amide bonds. The molecular formula is C9H10N2O3S. The standard InChI is InChI=1S/C9H10N2O3S/c12-8(6-2-1-3-10-6)11-5-15-4-7(11)9(13)14/h1-3,7,10H,4-5H2,(H,13,14)/t7-/m0/s1. The van der Waals surface area contributed by atoms with E-state index in [1.807, 2.05) is 0 Å². The van der Waals surface area contributed by atoms with Gasteiger partial charge in [-0.1, -0.05) is 0 Å². The number of hydrogen-bond acceptors (Lipinski definition) is 3. The molecule has 1 aliphatic rings. The Morgan fingerprint density at radius 1 is 1.60 bits per heavy atom. The first-order valence-electron chi connectivity index (χ1n) is 4.45. The van der Waals surface area contributed by atoms with Crippen molar-refractivity contribution in [1.29, 1.82) is 0 Å². The molecule has 1 aromatic rings. The van der Waals surface area contributed by atoms with E-state index in [0.717, 1.165) is 0 Å². The van der Waals surface area contributed by atoms with E-state index in [-0.39, 0.29) is 5.91 Å². The van der Waals surface area contributed by atoms with Crippen molar-refractivity contribution < 1.29 is 14.7 Å². The lowest BCUT2D eigenvalue weighted by molar-refractivity contribution is -0.140. The van der Waals surface area contributed by atoms with Gasteiger partial charge < -0.3 is 15.0 Å². The maximum atomic E-state index is 11.8. The third-order valence-electron chi connectivity index (χ3n) is 2.26. The third-order valence-corrected chi connectivity index (χ3v) is 3.27. The molecule has 15 heavy (non-hydrogen) atoms. The number of carbonyl (C=O) groups excluding carboxylic acids is 1. The minimum absolute atomic E-state index is 0.252. The number of aromatic nitrogens is 1. The number of aromatic amines is 1. The van der Waals surface area contributed by atoms with Crippen LogP contribution in [0.3, 0.4) is 0 Å². The Kier molecular flexibility index (Phi) is 2.68. The summed E-state index contributed by atoms with van der Waals surface area (Å²) in [5.74, 6) is -0.298. The van der Waals surface area contributed by atoms with Gasteiger partial charge in [0, 0.05) is 11.9 Å². The number of hydrogen-bond donors (Lipinski definition) is 2. The first kappa shape index (κ1) is 10.1. The van der Waals surface area contributed by atoms with Crippen molar-refractivity contribution in [3.8, 4) is 0 Å². The predicted octanol–water partition coefficient (Wildman–Crippen LogP) is 0.614. The Morgan fingerprint density at radius 2 is 2.40 bits per heavy atom. The number of carbonyl (C=O) groups is 2. The summed E-state index contributed by atoms with van der Waals surface area (Å²) in [5, 5.41) is 8.91. The zero-order valence-electron chi connectivity index (χ0n) is 7.84. The number of amides is 1. The number of H-pyrrole nitrogens is 1. The highest BCUT2D eigenvalue weighted by Crippen LogP contribution is 2.22. The molecule has 80 valence electrons. The van der Waals surface area contributed by atoms with Gasteiger partial charge in [-0.2, -0.15) is 0 Å². The lowest BCUT2D eigenvalue weighted by atomic mass is 10.2. The SMILES string of the molecule is O=C(O)[C@@H]1CSCN1C(=O)c1ccc[nH]1. The van der Waals surface area contributed by atoms with Crippen LogP contribution in [-0.4, -0.2) is 44.5 Å². The monoisotopic (exact) mass is 226 g/mol. The van der Waals surface area contributed by atoms with Crippen LogP contribution in [0, 0.1) is 0 Å². The fourth-order valence-corrected chi connectivity index (χ4v) is 2.61. The van der Waals surface area contributed by atoms with Crippen molar-refractivity contribution in [3.05, 3.63) is 24.0 Å². The van der Waals surface area contributed by atoms with Gasteiger partial charge in [-0.3, -0.25) is 4.79 Å². The average Bonchev–Trinajstić information content (AvgIpc) is 2.88. The van der Waals surface area contributed by atoms with Crippen LogP contribution in [0.1, 0.15) is 10.5 Å². The summed E-state index contributed by atoms with van der Waals surface area (Å²) in [6, 6.07) is 2.65. The largest absolute Gasteiger partial charge is 0.480 e. The molecule has 5 nitrogen and oxygen atoms in total. The highest BCUT2D eigenvalue weighted by atomic mass is 32.2. The van der Waals surface area contributed by atoms with Crippen molar-refractivity contribution in [2.24, 2.45) is 0 Å². The second kappa shape index (κ2) is 3.98. The average molecular weight is 226 g/mol. The maximum Gasteiger partial charge on any atom is 0.327 e. The second-order valence-electron chi connectivity index (χ2n) is 3.21. The van der Waals surface area contributed by atoms with E-state index in [1.54, 1.807) is 18.3 Å². The molecule has 2 N–H and O–H groups in total. The number of thioether (sulfide) groups is 1. The van der Waals surface area contributed by atoms with E-state index >= 15 is 0 Å². The zero-order chi connectivity index (χ0) is 10.8. The summed E-state index contributed by atoms with van der Waals surface area (Å²) in [6.07, 6.45) is 1.65. The lowest BCUT2D eigenvalue weighted by Gasteiger charge is -2.19. The molecule has 1 fully saturated rings. The van der Waals surface area contributed by atoms with Crippen LogP contribution in [0.25, 0.3) is 0 Å². The van der Waals surface area contributed by atoms with E-state index in [0.29, 0.717) is 17.3 Å². The quantitative estimate of drug-likeness (QED) is 0.775. The van der Waals surface area contributed by atoms with E-state index < -0.39 is 12.0 Å². The summed E-state index contributed by atoms with van der Waals surface area (Å²) >= 11 is 1.45. The van der Waals surface area contributed by atoms with E-state index in [2.05, 4.69) is 4.98 Å². The van der Waals surface area contributed by atoms with Crippen LogP contribution in [0.15, 0.2) is 18.3 Å². The molecule has 1 aromatic heterocycles. The summed E-state index contributed by atoms with van der Waals surface area (Å²) in [6.45, 7) is 0. The molecule has 0 spiro atoms. The lowest BCUT2D eigenvalue weighted by Crippen LogP contribution is -2.41. The topological polar surface area (TPSA) is 73.4 Å². The molecule has 0 radical (unpaired) electrons. The summed E-state index contributed by atoms with van der Waals surface area (Å²) in [5.41, 5.74) is 0.434. The Hall–Kier alpha value is -1.43. The van der Waals surface area contributed by atoms with Crippen molar-refractivity contribution in [2.45, 2.75) is 6.04 Å². The molecule has 1 saturated heterocycles. The highest BCUT2D eigenvalue weighted by molar-refractivity contribution is 7.99. The summed E-state index contributed by atoms with van der Waals surface area (Å²) in [4.78, 5) is 26.9. The second-order valence-corrected chi connectivity index (χ2v) is 4.21. The molecule has 2 rings (SSSR count). The molecule has 2 heterocycles. The zero-order valence-corrected chi connectivity index (χ0v) is 8.66. The molecule has 6 heteroatoms. The number of carboxylic acids is 1. The molecule has 0 unspecified atom stereocenters. The van der Waals surface area contributed by atoms with Crippen LogP contribution in [-0.2, 0) is 4.79 Å². The van der Waals surface area contributed by atoms with E-state index in [1.165, 1.54) is 16.7 Å². The molecule has 1 aliphatic heterocycles. The van der Waals surface area contributed by atoms with Crippen LogP contribution in [0.2, 0.25) is 0 Å². The Balaban J connectivity index is 2.17. The number of carboxylic acid groups (broad SMARTS) is 1. The van der Waals surface area contributed by atoms with Gasteiger partial charge in [-0.05, 0) is 12.1 Å². The molecule has 0 aliphatic carbocycles. The maximum absolute atomic E-state index is 11.8. The first-order valence-corrected chi connectivity index (χ1v) is 5.60. The predicted molar refractivity (Wildman–Crippen MR) is 55.7 cm³/mol. The Labute approximate surface area is 90.5 Å². The minimum atomic E-state index is -0.945. The van der Waals surface area contributed by atoms with Gasteiger partial charge in [-0.25, -0.2) is 4.79 Å². The van der Waals surface area contributed by atoms with Crippen LogP contribution in [0.4, 0.5) is 0 Å². The van der Waals surface area contributed by atoms with Crippen molar-refractivity contribution in [3.63, 3.8) is 0 Å². The summed E-state index contributed by atoms with van der Waals surface area (Å²) in [7, 11) is 0. The minimum Gasteiger partial charge on any atom is -0.480 e. The van der Waals surface area contributed by atoms with Crippen molar-refractivity contribution in [2.75, 3.05) is 11.6 Å². The van der Waals surface area contributed by atoms with Crippen molar-refractivity contribution >= 4 is 23.6 Å². The summed E-state index contributed by atoms with van der Waals surface area (Å²) < 4.78 is 0. The van der Waals surface area contributed by atoms with E-state index in [9.17, 15) is 9.59 Å². The molecule has 0 bridgehead atoms. The fraction of sp³-hybridized carbons (Fsp3) is 0.333. The van der Waals surface area contributed by atoms with Crippen molar-refractivity contribution in [1.82, 2.24) is 9.88 Å². The third kappa shape index (κ3) is 1.85. The van der Waals surface area contributed by atoms with Gasteiger partial charge in [0.2, 0.25) is 0 Å². The van der Waals surface area contributed by atoms with Gasteiger partial charge in [0.15, 0.2) is 0 Å². The smallest absolute Gasteiger partial charge is 0.327 e. The number of rotatable bonds is 2. The van der Waals surface area contributed by atoms with Gasteiger partial charge in [0.25, 0.3) is 5.91 Å². The fourth-order valence-electron chi connectivity index (χ4n) is 1.47.